The molecule has 6 nitrogen and oxygen atoms in total. The van der Waals surface area contributed by atoms with E-state index in [2.05, 4.69) is 25.5 Å². The summed E-state index contributed by atoms with van der Waals surface area (Å²) in [6.45, 7) is 0. The number of nitrogens with one attached hydrogen (secondary N) is 2. The summed E-state index contributed by atoms with van der Waals surface area (Å²) in [6.07, 6.45) is 3.17. The SMILES string of the molecule is O=C(Cc1n[nH]c2ccccc12)N[C@@H](Cc1cc(F)cc(F)c1)c1nccnc1-c1ccc(Cl)cc1. The van der Waals surface area contributed by atoms with E-state index in [1.54, 1.807) is 30.5 Å². The van der Waals surface area contributed by atoms with Crippen LogP contribution in [0.5, 0.6) is 0 Å². The van der Waals surface area contributed by atoms with Gasteiger partial charge in [-0.1, -0.05) is 41.9 Å². The van der Waals surface area contributed by atoms with Crippen LogP contribution in [0, 0.1) is 11.6 Å². The van der Waals surface area contributed by atoms with Crippen LogP contribution in [-0.4, -0.2) is 26.1 Å². The maximum absolute atomic E-state index is 13.9. The predicted molar refractivity (Wildman–Crippen MR) is 133 cm³/mol. The number of rotatable bonds is 7. The minimum absolute atomic E-state index is 0.00850. The summed E-state index contributed by atoms with van der Waals surface area (Å²) in [5.41, 5.74) is 3.52. The smallest absolute Gasteiger partial charge is 0.226 e. The van der Waals surface area contributed by atoms with E-state index >= 15 is 0 Å². The lowest BCUT2D eigenvalue weighted by molar-refractivity contribution is -0.121. The lowest BCUT2D eigenvalue weighted by Crippen LogP contribution is -2.32. The molecule has 2 aromatic heterocycles. The number of hydrogen-bond acceptors (Lipinski definition) is 4. The highest BCUT2D eigenvalue weighted by Gasteiger charge is 2.23. The largest absolute Gasteiger partial charge is 0.347 e. The van der Waals surface area contributed by atoms with E-state index in [0.29, 0.717) is 27.7 Å². The van der Waals surface area contributed by atoms with E-state index in [4.69, 9.17) is 11.6 Å². The molecule has 0 aliphatic heterocycles. The van der Waals surface area contributed by atoms with Gasteiger partial charge in [0.25, 0.3) is 0 Å². The zero-order valence-electron chi connectivity index (χ0n) is 18.9. The number of para-hydroxylation sites is 1. The molecule has 0 aliphatic rings. The fourth-order valence-corrected chi connectivity index (χ4v) is 4.29. The molecule has 0 aliphatic carbocycles. The minimum atomic E-state index is -0.719. The first kappa shape index (κ1) is 23.6. The number of amides is 1. The number of carbonyl (C=O) groups excluding carboxylic acids is 1. The van der Waals surface area contributed by atoms with Gasteiger partial charge in [-0.05, 0) is 42.3 Å². The Morgan fingerprint density at radius 1 is 0.972 bits per heavy atom. The van der Waals surface area contributed by atoms with Gasteiger partial charge in [-0.2, -0.15) is 5.10 Å². The number of aromatic nitrogens is 4. The summed E-state index contributed by atoms with van der Waals surface area (Å²) < 4.78 is 27.9. The summed E-state index contributed by atoms with van der Waals surface area (Å²) in [6, 6.07) is 17.1. The van der Waals surface area contributed by atoms with E-state index in [-0.39, 0.29) is 18.7 Å². The third kappa shape index (κ3) is 5.23. The Bertz CT molecular complexity index is 1520. The van der Waals surface area contributed by atoms with Crippen molar-refractivity contribution in [3.05, 3.63) is 113 Å². The highest BCUT2D eigenvalue weighted by molar-refractivity contribution is 6.30. The molecule has 0 radical (unpaired) electrons. The average Bonchev–Trinajstić information content (AvgIpc) is 3.26. The van der Waals surface area contributed by atoms with E-state index < -0.39 is 17.7 Å². The van der Waals surface area contributed by atoms with Crippen LogP contribution in [0.15, 0.2) is 79.1 Å². The van der Waals surface area contributed by atoms with Crippen molar-refractivity contribution in [3.63, 3.8) is 0 Å². The number of nitrogens with zero attached hydrogens (tertiary/aromatic N) is 3. The Kier molecular flexibility index (Phi) is 6.69. The molecule has 2 heterocycles. The van der Waals surface area contributed by atoms with E-state index in [1.807, 2.05) is 24.3 Å². The zero-order chi connectivity index (χ0) is 25.1. The Hall–Kier alpha value is -4.17. The summed E-state index contributed by atoms with van der Waals surface area (Å²) >= 11 is 6.04. The van der Waals surface area contributed by atoms with Crippen LogP contribution < -0.4 is 5.32 Å². The second kappa shape index (κ2) is 10.2. The minimum Gasteiger partial charge on any atom is -0.347 e. The fraction of sp³-hybridized carbons (Fsp3) is 0.111. The van der Waals surface area contributed by atoms with Crippen molar-refractivity contribution >= 4 is 28.4 Å². The van der Waals surface area contributed by atoms with Crippen molar-refractivity contribution in [1.82, 2.24) is 25.5 Å². The van der Waals surface area contributed by atoms with Crippen molar-refractivity contribution in [3.8, 4) is 11.3 Å². The molecule has 5 aromatic rings. The molecule has 0 fully saturated rings. The number of halogens is 3. The molecular weight excluding hydrogens is 484 g/mol. The standard InChI is InChI=1S/C27H20ClF2N5O/c28-18-7-5-17(6-8-18)26-27(32-10-9-31-26)24(13-16-11-19(29)14-20(30)12-16)33-25(36)15-23-21-3-1-2-4-22(21)34-35-23/h1-12,14,24H,13,15H2,(H,33,36)(H,34,35)/t24-/m0/s1. The molecule has 0 bridgehead atoms. The van der Waals surface area contributed by atoms with Gasteiger partial charge in [0, 0.05) is 34.4 Å². The predicted octanol–water partition coefficient (Wildman–Crippen LogP) is 5.59. The van der Waals surface area contributed by atoms with Crippen LogP contribution in [0.3, 0.4) is 0 Å². The summed E-state index contributed by atoms with van der Waals surface area (Å²) in [5.74, 6) is -1.72. The van der Waals surface area contributed by atoms with Crippen LogP contribution in [0.2, 0.25) is 5.02 Å². The molecule has 1 amide bonds. The number of H-pyrrole nitrogens is 1. The van der Waals surface area contributed by atoms with Crippen molar-refractivity contribution in [1.29, 1.82) is 0 Å². The van der Waals surface area contributed by atoms with Gasteiger partial charge >= 0.3 is 0 Å². The van der Waals surface area contributed by atoms with Gasteiger partial charge in [-0.15, -0.1) is 0 Å². The maximum Gasteiger partial charge on any atom is 0.226 e. The molecule has 36 heavy (non-hydrogen) atoms. The lowest BCUT2D eigenvalue weighted by Gasteiger charge is -2.21. The fourth-order valence-electron chi connectivity index (χ4n) is 4.17. The van der Waals surface area contributed by atoms with Crippen LogP contribution >= 0.6 is 11.6 Å². The topological polar surface area (TPSA) is 83.6 Å². The molecule has 9 heteroatoms. The van der Waals surface area contributed by atoms with E-state index in [1.165, 1.54) is 18.3 Å². The third-order valence-electron chi connectivity index (χ3n) is 5.75. The molecule has 2 N–H and O–H groups in total. The van der Waals surface area contributed by atoms with Gasteiger partial charge in [0.1, 0.15) is 11.6 Å². The number of hydrogen-bond donors (Lipinski definition) is 2. The molecule has 180 valence electrons. The Balaban J connectivity index is 1.49. The zero-order valence-corrected chi connectivity index (χ0v) is 19.6. The second-order valence-electron chi connectivity index (χ2n) is 8.29. The first-order valence-electron chi connectivity index (χ1n) is 11.2. The third-order valence-corrected chi connectivity index (χ3v) is 6.00. The van der Waals surface area contributed by atoms with Crippen molar-refractivity contribution in [2.45, 2.75) is 18.9 Å². The Morgan fingerprint density at radius 2 is 1.69 bits per heavy atom. The Morgan fingerprint density at radius 3 is 2.47 bits per heavy atom. The maximum atomic E-state index is 13.9. The quantitative estimate of drug-likeness (QED) is 0.303. The van der Waals surface area contributed by atoms with Crippen molar-refractivity contribution in [2.24, 2.45) is 0 Å². The average molecular weight is 504 g/mol. The number of aromatic amines is 1. The summed E-state index contributed by atoms with van der Waals surface area (Å²) in [4.78, 5) is 22.2. The molecule has 0 saturated carbocycles. The van der Waals surface area contributed by atoms with Gasteiger partial charge in [0.05, 0.1) is 35.1 Å². The van der Waals surface area contributed by atoms with Gasteiger partial charge in [0.15, 0.2) is 0 Å². The number of carbonyl (C=O) groups is 1. The van der Waals surface area contributed by atoms with Gasteiger partial charge in [-0.25, -0.2) is 8.78 Å². The number of fused-ring (bicyclic) bond motifs is 1. The lowest BCUT2D eigenvalue weighted by atomic mass is 9.98. The molecular formula is C27H20ClF2N5O. The van der Waals surface area contributed by atoms with Crippen LogP contribution in [0.4, 0.5) is 8.78 Å². The molecule has 0 saturated heterocycles. The molecule has 0 unspecified atom stereocenters. The summed E-state index contributed by atoms with van der Waals surface area (Å²) in [7, 11) is 0. The van der Waals surface area contributed by atoms with Crippen LogP contribution in [0.1, 0.15) is 23.0 Å². The van der Waals surface area contributed by atoms with Crippen molar-refractivity contribution in [2.75, 3.05) is 0 Å². The number of benzene rings is 3. The van der Waals surface area contributed by atoms with E-state index in [9.17, 15) is 13.6 Å². The van der Waals surface area contributed by atoms with Gasteiger partial charge < -0.3 is 5.32 Å². The molecule has 3 aromatic carbocycles. The Labute approximate surface area is 210 Å². The first-order chi connectivity index (χ1) is 17.5. The second-order valence-corrected chi connectivity index (χ2v) is 8.73. The molecule has 1 atom stereocenters. The normalized spacial score (nSPS) is 12.0. The highest BCUT2D eigenvalue weighted by atomic mass is 35.5. The van der Waals surface area contributed by atoms with Crippen molar-refractivity contribution < 1.29 is 13.6 Å². The molecule has 5 rings (SSSR count). The van der Waals surface area contributed by atoms with Crippen LogP contribution in [-0.2, 0) is 17.6 Å². The summed E-state index contributed by atoms with van der Waals surface area (Å²) in [5, 5.41) is 11.6. The molecule has 0 spiro atoms. The van der Waals surface area contributed by atoms with E-state index in [0.717, 1.165) is 22.5 Å². The first-order valence-corrected chi connectivity index (χ1v) is 11.6. The highest BCUT2D eigenvalue weighted by Crippen LogP contribution is 2.28. The van der Waals surface area contributed by atoms with Crippen LogP contribution in [0.25, 0.3) is 22.2 Å². The van der Waals surface area contributed by atoms with Gasteiger partial charge in [0.2, 0.25) is 5.91 Å². The van der Waals surface area contributed by atoms with Gasteiger partial charge in [-0.3, -0.25) is 19.9 Å². The monoisotopic (exact) mass is 503 g/mol.